The number of aliphatic hydroxyl groups excluding tert-OH is 1. The molecule has 1 aromatic carbocycles. The lowest BCUT2D eigenvalue weighted by Gasteiger charge is -2.11. The second kappa shape index (κ2) is 8.02. The van der Waals surface area contributed by atoms with Crippen molar-refractivity contribution in [2.45, 2.75) is 32.8 Å². The molecule has 1 atom stereocenters. The molecule has 106 valence electrons. The summed E-state index contributed by atoms with van der Waals surface area (Å²) in [6.45, 7) is 4.32. The quantitative estimate of drug-likeness (QED) is 0.757. The standard InChI is InChI=1S/C14H20ClNO3/c1-3-4-7-16-14(18)9-19-13-6-5-11(10(2)17)8-12(13)15/h5-6,8,10,17H,3-4,7,9H2,1-2H3,(H,16,18)/t10-/m0/s1. The van der Waals surface area contributed by atoms with Gasteiger partial charge in [0.05, 0.1) is 11.1 Å². The van der Waals surface area contributed by atoms with Gasteiger partial charge in [0.15, 0.2) is 6.61 Å². The van der Waals surface area contributed by atoms with E-state index in [0.717, 1.165) is 12.8 Å². The summed E-state index contributed by atoms with van der Waals surface area (Å²) in [6, 6.07) is 5.02. The van der Waals surface area contributed by atoms with Gasteiger partial charge in [-0.3, -0.25) is 4.79 Å². The highest BCUT2D eigenvalue weighted by Crippen LogP contribution is 2.27. The van der Waals surface area contributed by atoms with E-state index in [1.54, 1.807) is 25.1 Å². The van der Waals surface area contributed by atoms with Crippen LogP contribution < -0.4 is 10.1 Å². The van der Waals surface area contributed by atoms with Crippen LogP contribution in [0.15, 0.2) is 18.2 Å². The Labute approximate surface area is 118 Å². The molecule has 0 saturated carbocycles. The van der Waals surface area contributed by atoms with Gasteiger partial charge in [0.2, 0.25) is 0 Å². The molecule has 0 fully saturated rings. The van der Waals surface area contributed by atoms with E-state index in [-0.39, 0.29) is 12.5 Å². The number of carbonyl (C=O) groups excluding carboxylic acids is 1. The summed E-state index contributed by atoms with van der Waals surface area (Å²) in [7, 11) is 0. The summed E-state index contributed by atoms with van der Waals surface area (Å²) < 4.78 is 5.34. The number of rotatable bonds is 7. The van der Waals surface area contributed by atoms with Gasteiger partial charge in [0.25, 0.3) is 5.91 Å². The molecule has 2 N–H and O–H groups in total. The molecule has 0 aliphatic rings. The molecule has 0 radical (unpaired) electrons. The largest absolute Gasteiger partial charge is 0.482 e. The summed E-state index contributed by atoms with van der Waals surface area (Å²) in [5.41, 5.74) is 0.713. The maximum Gasteiger partial charge on any atom is 0.257 e. The molecule has 0 spiro atoms. The molecule has 0 aliphatic heterocycles. The number of benzene rings is 1. The monoisotopic (exact) mass is 285 g/mol. The van der Waals surface area contributed by atoms with Crippen molar-refractivity contribution in [3.63, 3.8) is 0 Å². The lowest BCUT2D eigenvalue weighted by atomic mass is 10.1. The first-order chi connectivity index (χ1) is 9.04. The van der Waals surface area contributed by atoms with Gasteiger partial charge in [-0.2, -0.15) is 0 Å². The Hall–Kier alpha value is -1.26. The highest BCUT2D eigenvalue weighted by atomic mass is 35.5. The van der Waals surface area contributed by atoms with E-state index in [4.69, 9.17) is 16.3 Å². The van der Waals surface area contributed by atoms with Crippen molar-refractivity contribution in [2.75, 3.05) is 13.2 Å². The van der Waals surface area contributed by atoms with Crippen LogP contribution in [0.2, 0.25) is 5.02 Å². The average molecular weight is 286 g/mol. The molecule has 1 amide bonds. The molecule has 0 heterocycles. The number of amides is 1. The van der Waals surface area contributed by atoms with Crippen molar-refractivity contribution in [3.05, 3.63) is 28.8 Å². The van der Waals surface area contributed by atoms with Crippen molar-refractivity contribution in [1.29, 1.82) is 0 Å². The summed E-state index contributed by atoms with van der Waals surface area (Å²) in [5.74, 6) is 0.279. The Morgan fingerprint density at radius 1 is 1.53 bits per heavy atom. The van der Waals surface area contributed by atoms with Gasteiger partial charge in [0.1, 0.15) is 5.75 Å². The minimum Gasteiger partial charge on any atom is -0.482 e. The predicted molar refractivity (Wildman–Crippen MR) is 75.5 cm³/mol. The zero-order valence-corrected chi connectivity index (χ0v) is 12.0. The maximum atomic E-state index is 11.5. The molecule has 5 heteroatoms. The SMILES string of the molecule is CCCCNC(=O)COc1ccc([C@H](C)O)cc1Cl. The lowest BCUT2D eigenvalue weighted by molar-refractivity contribution is -0.123. The number of hydrogen-bond acceptors (Lipinski definition) is 3. The molecule has 0 bridgehead atoms. The number of carbonyl (C=O) groups is 1. The first-order valence-electron chi connectivity index (χ1n) is 6.41. The Morgan fingerprint density at radius 2 is 2.26 bits per heavy atom. The van der Waals surface area contributed by atoms with Crippen LogP contribution in [-0.4, -0.2) is 24.2 Å². The van der Waals surface area contributed by atoms with Crippen LogP contribution in [0.1, 0.15) is 38.4 Å². The van der Waals surface area contributed by atoms with Gasteiger partial charge in [-0.05, 0) is 31.0 Å². The number of ether oxygens (including phenoxy) is 1. The van der Waals surface area contributed by atoms with Gasteiger partial charge in [-0.25, -0.2) is 0 Å². The zero-order chi connectivity index (χ0) is 14.3. The maximum absolute atomic E-state index is 11.5. The minimum absolute atomic E-state index is 0.0581. The van der Waals surface area contributed by atoms with Crippen molar-refractivity contribution >= 4 is 17.5 Å². The van der Waals surface area contributed by atoms with Crippen molar-refractivity contribution < 1.29 is 14.6 Å². The fourth-order valence-electron chi connectivity index (χ4n) is 1.49. The number of halogens is 1. The molecule has 4 nitrogen and oxygen atoms in total. The molecule has 19 heavy (non-hydrogen) atoms. The first kappa shape index (κ1) is 15.8. The third-order valence-corrected chi connectivity index (χ3v) is 2.94. The van der Waals surface area contributed by atoms with Crippen molar-refractivity contribution in [1.82, 2.24) is 5.32 Å². The topological polar surface area (TPSA) is 58.6 Å². The summed E-state index contributed by atoms with van der Waals surface area (Å²) in [4.78, 5) is 11.5. The molecular weight excluding hydrogens is 266 g/mol. The van der Waals surface area contributed by atoms with Gasteiger partial charge in [-0.15, -0.1) is 0 Å². The summed E-state index contributed by atoms with van der Waals surface area (Å²) >= 11 is 6.02. The van der Waals surface area contributed by atoms with Crippen LogP contribution in [-0.2, 0) is 4.79 Å². The van der Waals surface area contributed by atoms with Crippen LogP contribution >= 0.6 is 11.6 Å². The minimum atomic E-state index is -0.580. The van der Waals surface area contributed by atoms with E-state index in [1.807, 2.05) is 0 Å². The van der Waals surface area contributed by atoms with Crippen LogP contribution in [0.25, 0.3) is 0 Å². The van der Waals surface area contributed by atoms with Crippen LogP contribution in [0, 0.1) is 0 Å². The number of hydrogen-bond donors (Lipinski definition) is 2. The highest BCUT2D eigenvalue weighted by Gasteiger charge is 2.08. The van der Waals surface area contributed by atoms with Gasteiger partial charge >= 0.3 is 0 Å². The Morgan fingerprint density at radius 3 is 2.84 bits per heavy atom. The van der Waals surface area contributed by atoms with E-state index in [2.05, 4.69) is 12.2 Å². The number of aliphatic hydroxyl groups is 1. The van der Waals surface area contributed by atoms with Gasteiger partial charge < -0.3 is 15.2 Å². The molecule has 1 rings (SSSR count). The van der Waals surface area contributed by atoms with Crippen LogP contribution in [0.4, 0.5) is 0 Å². The summed E-state index contributed by atoms with van der Waals surface area (Å²) in [6.07, 6.45) is 1.41. The Kier molecular flexibility index (Phi) is 6.67. The van der Waals surface area contributed by atoms with E-state index >= 15 is 0 Å². The highest BCUT2D eigenvalue weighted by molar-refractivity contribution is 6.32. The van der Waals surface area contributed by atoms with Crippen molar-refractivity contribution in [2.24, 2.45) is 0 Å². The predicted octanol–water partition coefficient (Wildman–Crippen LogP) is 2.69. The number of nitrogens with one attached hydrogen (secondary N) is 1. The first-order valence-corrected chi connectivity index (χ1v) is 6.79. The van der Waals surface area contributed by atoms with Crippen LogP contribution in [0.3, 0.4) is 0 Å². The molecule has 0 unspecified atom stereocenters. The smallest absolute Gasteiger partial charge is 0.257 e. The second-order valence-electron chi connectivity index (χ2n) is 4.36. The third kappa shape index (κ3) is 5.49. The van der Waals surface area contributed by atoms with E-state index < -0.39 is 6.10 Å². The fraction of sp³-hybridized carbons (Fsp3) is 0.500. The molecule has 0 saturated heterocycles. The molecule has 0 aliphatic carbocycles. The van der Waals surface area contributed by atoms with Crippen molar-refractivity contribution in [3.8, 4) is 5.75 Å². The zero-order valence-electron chi connectivity index (χ0n) is 11.3. The normalized spacial score (nSPS) is 12.0. The molecule has 0 aromatic heterocycles. The molecule has 1 aromatic rings. The summed E-state index contributed by atoms with van der Waals surface area (Å²) in [5, 5.41) is 12.6. The fourth-order valence-corrected chi connectivity index (χ4v) is 1.74. The van der Waals surface area contributed by atoms with E-state index in [9.17, 15) is 9.90 Å². The van der Waals surface area contributed by atoms with E-state index in [1.165, 1.54) is 0 Å². The second-order valence-corrected chi connectivity index (χ2v) is 4.77. The average Bonchev–Trinajstić information content (AvgIpc) is 2.37. The lowest BCUT2D eigenvalue weighted by Crippen LogP contribution is -2.29. The van der Waals surface area contributed by atoms with Crippen LogP contribution in [0.5, 0.6) is 5.75 Å². The third-order valence-electron chi connectivity index (χ3n) is 2.65. The Balaban J connectivity index is 2.47. The van der Waals surface area contributed by atoms with Gasteiger partial charge in [-0.1, -0.05) is 31.0 Å². The van der Waals surface area contributed by atoms with E-state index in [0.29, 0.717) is 22.9 Å². The Bertz CT molecular complexity index is 421. The van der Waals surface area contributed by atoms with Gasteiger partial charge in [0, 0.05) is 6.54 Å². The number of unbranched alkanes of at least 4 members (excludes halogenated alkanes) is 1. The molecular formula is C14H20ClNO3.